The fraction of sp³-hybridized carbons (Fsp3) is 0.750. The van der Waals surface area contributed by atoms with Gasteiger partial charge in [-0.15, -0.1) is 0 Å². The third-order valence-electron chi connectivity index (χ3n) is 5.30. The number of carbonyl (C=O) groups is 1. The first-order valence-corrected chi connectivity index (χ1v) is 8.04. The Hall–Kier alpha value is -1.67. The molecule has 0 spiro atoms. The number of esters is 1. The number of aromatic nitrogens is 2. The van der Waals surface area contributed by atoms with Crippen molar-refractivity contribution >= 4 is 5.97 Å². The molecule has 0 amide bonds. The van der Waals surface area contributed by atoms with Crippen LogP contribution in [0.3, 0.4) is 0 Å². The average Bonchev–Trinajstić information content (AvgIpc) is 2.67. The minimum absolute atomic E-state index is 0.00285. The maximum Gasteiger partial charge on any atom is 0.394 e. The number of alkyl halides is 5. The van der Waals surface area contributed by atoms with Crippen molar-refractivity contribution in [3.05, 3.63) is 17.0 Å². The van der Waals surface area contributed by atoms with Crippen LogP contribution in [0.15, 0.2) is 0 Å². The van der Waals surface area contributed by atoms with Crippen LogP contribution in [0.5, 0.6) is 0 Å². The van der Waals surface area contributed by atoms with Crippen molar-refractivity contribution in [3.8, 4) is 0 Å². The third-order valence-corrected chi connectivity index (χ3v) is 5.30. The molecule has 0 atom stereocenters. The van der Waals surface area contributed by atoms with Gasteiger partial charge in [0.25, 0.3) is 5.92 Å². The van der Waals surface area contributed by atoms with Crippen LogP contribution in [0.25, 0.3) is 0 Å². The fourth-order valence-corrected chi connectivity index (χ4v) is 4.33. The van der Waals surface area contributed by atoms with E-state index in [1.54, 1.807) is 6.92 Å². The number of hydrogen-bond donors (Lipinski definition) is 0. The highest BCUT2D eigenvalue weighted by molar-refractivity contribution is 5.89. The van der Waals surface area contributed by atoms with Crippen molar-refractivity contribution in [2.45, 2.75) is 58.7 Å². The lowest BCUT2D eigenvalue weighted by molar-refractivity contribution is -0.366. The van der Waals surface area contributed by atoms with E-state index in [1.807, 2.05) is 0 Å². The minimum atomic E-state index is -4.25. The zero-order chi connectivity index (χ0) is 18.8. The Balaban J connectivity index is 1.88. The second-order valence-electron chi connectivity index (χ2n) is 7.40. The molecular weight excluding hydrogens is 347 g/mol. The Morgan fingerprint density at radius 3 is 2.24 bits per heavy atom. The Labute approximate surface area is 141 Å². The smallest absolute Gasteiger partial charge is 0.394 e. The molecule has 3 fully saturated rings. The van der Waals surface area contributed by atoms with Gasteiger partial charge in [0.15, 0.2) is 0 Å². The van der Waals surface area contributed by atoms with E-state index in [2.05, 4.69) is 5.10 Å². The molecule has 1 heterocycles. The Bertz CT molecular complexity index is 698. The van der Waals surface area contributed by atoms with E-state index in [1.165, 1.54) is 6.92 Å². The van der Waals surface area contributed by atoms with Gasteiger partial charge in [-0.05, 0) is 38.5 Å². The highest BCUT2D eigenvalue weighted by Crippen LogP contribution is 2.78. The molecule has 0 unspecified atom stereocenters. The number of nitrogens with zero attached hydrogens (tertiary/aromatic N) is 2. The van der Waals surface area contributed by atoms with Crippen LogP contribution in [0.2, 0.25) is 0 Å². The molecule has 0 N–H and O–H groups in total. The minimum Gasteiger partial charge on any atom is -0.461 e. The second kappa shape index (κ2) is 5.17. The van der Waals surface area contributed by atoms with E-state index in [0.29, 0.717) is 6.92 Å². The van der Waals surface area contributed by atoms with Gasteiger partial charge in [-0.25, -0.2) is 4.79 Å². The lowest BCUT2D eigenvalue weighted by Crippen LogP contribution is -2.69. The fourth-order valence-electron chi connectivity index (χ4n) is 4.33. The van der Waals surface area contributed by atoms with Gasteiger partial charge in [0, 0.05) is 19.0 Å². The third kappa shape index (κ3) is 2.62. The Kier molecular flexibility index (Phi) is 3.75. The molecule has 25 heavy (non-hydrogen) atoms. The quantitative estimate of drug-likeness (QED) is 0.579. The van der Waals surface area contributed by atoms with Gasteiger partial charge in [-0.1, -0.05) is 0 Å². The summed E-state index contributed by atoms with van der Waals surface area (Å²) in [6.07, 6.45) is -4.41. The summed E-state index contributed by atoms with van der Waals surface area (Å²) in [6, 6.07) is 0. The molecule has 9 heteroatoms. The summed E-state index contributed by atoms with van der Waals surface area (Å²) in [5, 5.41) is 3.85. The van der Waals surface area contributed by atoms with E-state index in [-0.39, 0.29) is 43.7 Å². The van der Waals surface area contributed by atoms with Crippen molar-refractivity contribution in [2.75, 3.05) is 6.61 Å². The number of hydrogen-bond acceptors (Lipinski definition) is 3. The molecule has 4 rings (SSSR count). The maximum absolute atomic E-state index is 13.7. The monoisotopic (exact) mass is 366 g/mol. The van der Waals surface area contributed by atoms with Crippen LogP contribution in [-0.2, 0) is 17.2 Å². The maximum atomic E-state index is 13.7. The SMILES string of the molecule is CCOC(=O)c1c(C)c(C(C)(F)F)nn1CC12CC(C(F)(F)F)(C1)C2. The predicted molar refractivity (Wildman–Crippen MR) is 77.3 cm³/mol. The summed E-state index contributed by atoms with van der Waals surface area (Å²) >= 11 is 0. The summed E-state index contributed by atoms with van der Waals surface area (Å²) in [7, 11) is 0. The molecule has 0 aromatic carbocycles. The van der Waals surface area contributed by atoms with Gasteiger partial charge in [0.2, 0.25) is 0 Å². The number of rotatable bonds is 5. The Morgan fingerprint density at radius 2 is 1.80 bits per heavy atom. The molecule has 1 aromatic rings. The van der Waals surface area contributed by atoms with Gasteiger partial charge in [-0.2, -0.15) is 27.1 Å². The van der Waals surface area contributed by atoms with Crippen molar-refractivity contribution in [1.82, 2.24) is 9.78 Å². The van der Waals surface area contributed by atoms with Crippen molar-refractivity contribution in [3.63, 3.8) is 0 Å². The van der Waals surface area contributed by atoms with Crippen molar-refractivity contribution in [1.29, 1.82) is 0 Å². The van der Waals surface area contributed by atoms with Gasteiger partial charge < -0.3 is 4.74 Å². The van der Waals surface area contributed by atoms with E-state index < -0.39 is 34.6 Å². The van der Waals surface area contributed by atoms with E-state index in [4.69, 9.17) is 4.74 Å². The van der Waals surface area contributed by atoms with Crippen LogP contribution in [0, 0.1) is 17.8 Å². The van der Waals surface area contributed by atoms with Crippen LogP contribution in [0.4, 0.5) is 22.0 Å². The lowest BCUT2D eigenvalue weighted by Gasteiger charge is -2.70. The van der Waals surface area contributed by atoms with Crippen molar-refractivity contribution < 1.29 is 31.5 Å². The van der Waals surface area contributed by atoms with Crippen LogP contribution >= 0.6 is 0 Å². The van der Waals surface area contributed by atoms with Crippen LogP contribution in [0.1, 0.15) is 54.9 Å². The van der Waals surface area contributed by atoms with Gasteiger partial charge in [0.1, 0.15) is 11.4 Å². The summed E-state index contributed by atoms with van der Waals surface area (Å²) in [6.45, 7) is 3.67. The van der Waals surface area contributed by atoms with Crippen molar-refractivity contribution in [2.24, 2.45) is 10.8 Å². The first-order valence-electron chi connectivity index (χ1n) is 8.04. The van der Waals surface area contributed by atoms with E-state index in [0.717, 1.165) is 4.68 Å². The van der Waals surface area contributed by atoms with E-state index >= 15 is 0 Å². The lowest BCUT2D eigenvalue weighted by atomic mass is 9.35. The predicted octanol–water partition coefficient (Wildman–Crippen LogP) is 4.21. The molecular formula is C16H19F5N2O2. The average molecular weight is 366 g/mol. The molecule has 4 nitrogen and oxygen atoms in total. The first kappa shape index (κ1) is 18.1. The highest BCUT2D eigenvalue weighted by atomic mass is 19.4. The molecule has 3 aliphatic carbocycles. The zero-order valence-corrected chi connectivity index (χ0v) is 14.1. The summed E-state index contributed by atoms with van der Waals surface area (Å²) in [5.41, 5.74) is -2.92. The van der Waals surface area contributed by atoms with Crippen LogP contribution < -0.4 is 0 Å². The standard InChI is InChI=1S/C16H19F5N2O2/c1-4-25-12(24)10-9(2)11(13(3,17)18)22-23(10)8-14-5-15(6-14,7-14)16(19,20)21/h4-8H2,1-3H3. The molecule has 0 saturated heterocycles. The zero-order valence-electron chi connectivity index (χ0n) is 14.1. The molecule has 1 aromatic heterocycles. The molecule has 3 saturated carbocycles. The summed E-state index contributed by atoms with van der Waals surface area (Å²) < 4.78 is 72.4. The van der Waals surface area contributed by atoms with E-state index in [9.17, 15) is 26.7 Å². The molecule has 3 aliphatic rings. The van der Waals surface area contributed by atoms with Gasteiger partial charge in [0.05, 0.1) is 12.0 Å². The number of carbonyl (C=O) groups excluding carboxylic acids is 1. The largest absolute Gasteiger partial charge is 0.461 e. The second-order valence-corrected chi connectivity index (χ2v) is 7.40. The highest BCUT2D eigenvalue weighted by Gasteiger charge is 2.78. The first-order chi connectivity index (χ1) is 11.3. The summed E-state index contributed by atoms with van der Waals surface area (Å²) in [4.78, 5) is 12.1. The van der Waals surface area contributed by atoms with Crippen LogP contribution in [-0.4, -0.2) is 28.5 Å². The summed E-state index contributed by atoms with van der Waals surface area (Å²) in [5.74, 6) is -4.05. The topological polar surface area (TPSA) is 44.1 Å². The normalized spacial score (nSPS) is 28.3. The van der Waals surface area contributed by atoms with Gasteiger partial charge in [-0.3, -0.25) is 4.68 Å². The number of ether oxygens (including phenoxy) is 1. The number of halogens is 5. The Morgan fingerprint density at radius 1 is 1.24 bits per heavy atom. The molecule has 0 aliphatic heterocycles. The molecule has 2 bridgehead atoms. The molecule has 140 valence electrons. The molecule has 0 radical (unpaired) electrons. The van der Waals surface area contributed by atoms with Gasteiger partial charge >= 0.3 is 12.1 Å².